The van der Waals surface area contributed by atoms with Gasteiger partial charge in [-0.3, -0.25) is 4.79 Å². The Bertz CT molecular complexity index is 1030. The number of nitrogens with zero attached hydrogens (tertiary/aromatic N) is 2. The summed E-state index contributed by atoms with van der Waals surface area (Å²) >= 11 is 0. The molecule has 1 heterocycles. The van der Waals surface area contributed by atoms with E-state index in [2.05, 4.69) is 15.6 Å². The summed E-state index contributed by atoms with van der Waals surface area (Å²) in [6.45, 7) is 2.58. The fourth-order valence-electron chi connectivity index (χ4n) is 2.83. The SMILES string of the molecule is CN/C=C\c1ccc(C)cc1Nc1nc(=O)c(OC)cn1Cc1ccccc1. The number of anilines is 2. The average molecular weight is 376 g/mol. The van der Waals surface area contributed by atoms with E-state index in [0.29, 0.717) is 12.5 Å². The van der Waals surface area contributed by atoms with Crippen LogP contribution in [-0.2, 0) is 6.54 Å². The first-order chi connectivity index (χ1) is 13.6. The Morgan fingerprint density at radius 3 is 2.68 bits per heavy atom. The molecule has 6 nitrogen and oxygen atoms in total. The van der Waals surface area contributed by atoms with Crippen molar-refractivity contribution in [3.63, 3.8) is 0 Å². The number of hydrogen-bond acceptors (Lipinski definition) is 5. The van der Waals surface area contributed by atoms with Crippen LogP contribution in [0, 0.1) is 6.92 Å². The number of ether oxygens (including phenoxy) is 1. The fraction of sp³-hybridized carbons (Fsp3) is 0.182. The molecule has 0 aliphatic carbocycles. The summed E-state index contributed by atoms with van der Waals surface area (Å²) in [4.78, 5) is 16.5. The summed E-state index contributed by atoms with van der Waals surface area (Å²) in [7, 11) is 3.32. The van der Waals surface area contributed by atoms with E-state index in [1.807, 2.05) is 79.3 Å². The van der Waals surface area contributed by atoms with Crippen molar-refractivity contribution >= 4 is 17.7 Å². The maximum Gasteiger partial charge on any atom is 0.316 e. The molecule has 3 aromatic rings. The van der Waals surface area contributed by atoms with E-state index in [-0.39, 0.29) is 5.75 Å². The van der Waals surface area contributed by atoms with Gasteiger partial charge in [-0.2, -0.15) is 4.98 Å². The van der Waals surface area contributed by atoms with Crippen LogP contribution in [0.3, 0.4) is 0 Å². The lowest BCUT2D eigenvalue weighted by Crippen LogP contribution is -2.19. The monoisotopic (exact) mass is 376 g/mol. The van der Waals surface area contributed by atoms with Gasteiger partial charge in [0.05, 0.1) is 19.9 Å². The van der Waals surface area contributed by atoms with E-state index in [0.717, 1.165) is 22.4 Å². The molecule has 0 fully saturated rings. The number of aryl methyl sites for hydroxylation is 1. The lowest BCUT2D eigenvalue weighted by atomic mass is 10.1. The van der Waals surface area contributed by atoms with Gasteiger partial charge in [-0.25, -0.2) is 0 Å². The second-order valence-corrected chi connectivity index (χ2v) is 6.39. The standard InChI is InChI=1S/C22H24N4O2/c1-16-9-10-18(11-12-23-2)19(13-16)24-22-25-21(27)20(28-3)15-26(22)14-17-7-5-4-6-8-17/h4-13,15,23H,14H2,1-3H3,(H,24,25,27)/b12-11-. The third-order valence-electron chi connectivity index (χ3n) is 4.26. The van der Waals surface area contributed by atoms with Gasteiger partial charge in [0.15, 0.2) is 0 Å². The summed E-state index contributed by atoms with van der Waals surface area (Å²) in [5.41, 5.74) is 3.64. The van der Waals surface area contributed by atoms with Crippen molar-refractivity contribution < 1.29 is 4.74 Å². The largest absolute Gasteiger partial charge is 0.490 e. The Morgan fingerprint density at radius 1 is 1.18 bits per heavy atom. The highest BCUT2D eigenvalue weighted by molar-refractivity contribution is 5.70. The van der Waals surface area contributed by atoms with Gasteiger partial charge in [0.1, 0.15) is 0 Å². The van der Waals surface area contributed by atoms with Gasteiger partial charge in [0, 0.05) is 12.7 Å². The molecule has 0 spiro atoms. The molecule has 2 N–H and O–H groups in total. The van der Waals surface area contributed by atoms with Crippen molar-refractivity contribution in [3.05, 3.63) is 88.0 Å². The van der Waals surface area contributed by atoms with Crippen LogP contribution in [0.15, 0.2) is 65.7 Å². The molecule has 0 saturated carbocycles. The molecule has 0 radical (unpaired) electrons. The topological polar surface area (TPSA) is 68.2 Å². The van der Waals surface area contributed by atoms with Crippen molar-refractivity contribution in [2.24, 2.45) is 0 Å². The van der Waals surface area contributed by atoms with E-state index in [9.17, 15) is 4.79 Å². The van der Waals surface area contributed by atoms with Gasteiger partial charge >= 0.3 is 5.56 Å². The summed E-state index contributed by atoms with van der Waals surface area (Å²) in [6, 6.07) is 16.1. The van der Waals surface area contributed by atoms with Crippen molar-refractivity contribution in [2.75, 3.05) is 19.5 Å². The van der Waals surface area contributed by atoms with E-state index in [1.54, 1.807) is 6.20 Å². The summed E-state index contributed by atoms with van der Waals surface area (Å²) in [6.07, 6.45) is 5.50. The number of rotatable bonds is 7. The maximum atomic E-state index is 12.3. The molecule has 0 unspecified atom stereocenters. The third-order valence-corrected chi connectivity index (χ3v) is 4.26. The van der Waals surface area contributed by atoms with Crippen LogP contribution >= 0.6 is 0 Å². The average Bonchev–Trinajstić information content (AvgIpc) is 2.70. The number of benzene rings is 2. The highest BCUT2D eigenvalue weighted by atomic mass is 16.5. The zero-order valence-corrected chi connectivity index (χ0v) is 16.3. The van der Waals surface area contributed by atoms with Gasteiger partial charge in [0.2, 0.25) is 11.7 Å². The van der Waals surface area contributed by atoms with Crippen LogP contribution in [0.4, 0.5) is 11.6 Å². The molecule has 0 saturated heterocycles. The molecule has 144 valence electrons. The zero-order valence-electron chi connectivity index (χ0n) is 16.3. The first kappa shape index (κ1) is 19.2. The van der Waals surface area contributed by atoms with Gasteiger partial charge in [-0.1, -0.05) is 42.5 Å². The minimum Gasteiger partial charge on any atom is -0.490 e. The highest BCUT2D eigenvalue weighted by Crippen LogP contribution is 2.23. The second kappa shape index (κ2) is 8.90. The Morgan fingerprint density at radius 2 is 1.96 bits per heavy atom. The van der Waals surface area contributed by atoms with Crippen molar-refractivity contribution in [3.8, 4) is 5.75 Å². The quantitative estimate of drug-likeness (QED) is 0.660. The third kappa shape index (κ3) is 4.59. The number of hydrogen-bond donors (Lipinski definition) is 2. The molecular formula is C22H24N4O2. The first-order valence-electron chi connectivity index (χ1n) is 9.01. The molecule has 0 atom stereocenters. The normalized spacial score (nSPS) is 10.8. The predicted octanol–water partition coefficient (Wildman–Crippen LogP) is 3.54. The zero-order chi connectivity index (χ0) is 19.9. The lowest BCUT2D eigenvalue weighted by molar-refractivity contribution is 0.402. The van der Waals surface area contributed by atoms with Crippen LogP contribution < -0.4 is 20.9 Å². The summed E-state index contributed by atoms with van der Waals surface area (Å²) in [5.74, 6) is 0.667. The summed E-state index contributed by atoms with van der Waals surface area (Å²) in [5, 5.41) is 6.31. The number of nitrogens with one attached hydrogen (secondary N) is 2. The summed E-state index contributed by atoms with van der Waals surface area (Å²) < 4.78 is 7.06. The van der Waals surface area contributed by atoms with Gasteiger partial charge in [-0.05, 0) is 42.0 Å². The van der Waals surface area contributed by atoms with Crippen molar-refractivity contribution in [1.29, 1.82) is 0 Å². The molecular weight excluding hydrogens is 352 g/mol. The van der Waals surface area contributed by atoms with E-state index < -0.39 is 5.56 Å². The smallest absolute Gasteiger partial charge is 0.316 e. The first-order valence-corrected chi connectivity index (χ1v) is 9.01. The van der Waals surface area contributed by atoms with Crippen molar-refractivity contribution in [1.82, 2.24) is 14.9 Å². The molecule has 0 bridgehead atoms. The maximum absolute atomic E-state index is 12.3. The molecule has 0 aliphatic rings. The Hall–Kier alpha value is -3.54. The van der Waals surface area contributed by atoms with Gasteiger partial charge in [0.25, 0.3) is 0 Å². The highest BCUT2D eigenvalue weighted by Gasteiger charge is 2.11. The van der Waals surface area contributed by atoms with E-state index in [1.165, 1.54) is 7.11 Å². The van der Waals surface area contributed by atoms with Crippen molar-refractivity contribution in [2.45, 2.75) is 13.5 Å². The molecule has 0 amide bonds. The predicted molar refractivity (Wildman–Crippen MR) is 113 cm³/mol. The van der Waals surface area contributed by atoms with Crippen LogP contribution in [-0.4, -0.2) is 23.7 Å². The van der Waals surface area contributed by atoms with Crippen LogP contribution in [0.2, 0.25) is 0 Å². The van der Waals surface area contributed by atoms with Gasteiger partial charge < -0.3 is 19.9 Å². The second-order valence-electron chi connectivity index (χ2n) is 6.39. The fourth-order valence-corrected chi connectivity index (χ4v) is 2.83. The minimum absolute atomic E-state index is 0.209. The molecule has 0 aliphatic heterocycles. The van der Waals surface area contributed by atoms with E-state index in [4.69, 9.17) is 4.74 Å². The lowest BCUT2D eigenvalue weighted by Gasteiger charge is -2.17. The molecule has 6 heteroatoms. The Kier molecular flexibility index (Phi) is 6.11. The molecule has 1 aromatic heterocycles. The molecule has 3 rings (SSSR count). The molecule has 2 aromatic carbocycles. The minimum atomic E-state index is -0.408. The number of methoxy groups -OCH3 is 1. The Labute approximate surface area is 164 Å². The van der Waals surface area contributed by atoms with Gasteiger partial charge in [-0.15, -0.1) is 0 Å². The van der Waals surface area contributed by atoms with Crippen LogP contribution in [0.5, 0.6) is 5.75 Å². The van der Waals surface area contributed by atoms with Crippen LogP contribution in [0.25, 0.3) is 6.08 Å². The Balaban J connectivity index is 2.04. The molecule has 28 heavy (non-hydrogen) atoms. The van der Waals surface area contributed by atoms with E-state index >= 15 is 0 Å². The number of aromatic nitrogens is 2. The van der Waals surface area contributed by atoms with Crippen LogP contribution in [0.1, 0.15) is 16.7 Å².